The summed E-state index contributed by atoms with van der Waals surface area (Å²) < 4.78 is 0. The highest BCUT2D eigenvalue weighted by molar-refractivity contribution is 5.90. The normalized spacial score (nSPS) is 11.0. The van der Waals surface area contributed by atoms with Crippen molar-refractivity contribution in [2.75, 3.05) is 0 Å². The molecule has 0 radical (unpaired) electrons. The first kappa shape index (κ1) is 38.2. The molecule has 3 aromatic heterocycles. The van der Waals surface area contributed by atoms with Gasteiger partial charge in [0.25, 0.3) is 0 Å². The molecule has 62 heavy (non-hydrogen) atoms. The highest BCUT2D eigenvalue weighted by atomic mass is 14.7. The number of pyridine rings is 3. The lowest BCUT2D eigenvalue weighted by Crippen LogP contribution is -1.97. The van der Waals surface area contributed by atoms with Crippen molar-refractivity contribution >= 4 is 0 Å². The molecule has 0 unspecified atom stereocenters. The first-order valence-electron chi connectivity index (χ1n) is 21.1. The van der Waals surface area contributed by atoms with Gasteiger partial charge in [-0.1, -0.05) is 188 Å². The van der Waals surface area contributed by atoms with Gasteiger partial charge in [0.1, 0.15) is 0 Å². The van der Waals surface area contributed by atoms with Crippen LogP contribution in [-0.4, -0.2) is 15.0 Å². The van der Waals surface area contributed by atoms with Crippen LogP contribution in [0.25, 0.3) is 89.4 Å². The molecule has 0 spiro atoms. The van der Waals surface area contributed by atoms with Gasteiger partial charge >= 0.3 is 0 Å². The Balaban J connectivity index is 1.08. The van der Waals surface area contributed by atoms with E-state index in [4.69, 9.17) is 15.0 Å². The quantitative estimate of drug-likeness (QED) is 0.138. The van der Waals surface area contributed by atoms with Crippen LogP contribution in [0.3, 0.4) is 0 Å². The van der Waals surface area contributed by atoms with Crippen molar-refractivity contribution in [2.24, 2.45) is 0 Å². The van der Waals surface area contributed by atoms with Crippen molar-refractivity contribution in [2.45, 2.75) is 13.3 Å². The zero-order chi connectivity index (χ0) is 41.7. The van der Waals surface area contributed by atoms with E-state index >= 15 is 0 Å². The molecule has 0 atom stereocenters. The fraction of sp³-hybridized carbons (Fsp3) is 0.0339. The summed E-state index contributed by atoms with van der Waals surface area (Å²) >= 11 is 0. The lowest BCUT2D eigenvalue weighted by molar-refractivity contribution is 1.19. The topological polar surface area (TPSA) is 38.7 Å². The third-order valence-electron chi connectivity index (χ3n) is 11.6. The van der Waals surface area contributed by atoms with E-state index < -0.39 is 0 Å². The van der Waals surface area contributed by atoms with E-state index in [2.05, 4.69) is 201 Å². The van der Waals surface area contributed by atoms with Crippen LogP contribution < -0.4 is 0 Å². The average molecular weight is 794 g/mol. The van der Waals surface area contributed by atoms with Crippen LogP contribution in [0.1, 0.15) is 16.7 Å². The maximum Gasteiger partial charge on any atom is 0.0705 e. The molecule has 0 saturated heterocycles. The smallest absolute Gasteiger partial charge is 0.0705 e. The molecular weight excluding hydrogens is 751 g/mol. The van der Waals surface area contributed by atoms with Crippen LogP contribution in [0.5, 0.6) is 0 Å². The van der Waals surface area contributed by atoms with Gasteiger partial charge in [-0.15, -0.1) is 0 Å². The zero-order valence-corrected chi connectivity index (χ0v) is 34.5. The molecule has 10 aromatic rings. The van der Waals surface area contributed by atoms with Gasteiger partial charge in [0.2, 0.25) is 0 Å². The van der Waals surface area contributed by atoms with Gasteiger partial charge in [-0.05, 0) is 93.2 Å². The Labute approximate surface area is 363 Å². The first-order chi connectivity index (χ1) is 30.6. The van der Waals surface area contributed by atoms with Crippen LogP contribution in [0.4, 0.5) is 0 Å². The molecule has 3 heteroatoms. The average Bonchev–Trinajstić information content (AvgIpc) is 3.35. The van der Waals surface area contributed by atoms with Crippen molar-refractivity contribution in [3.05, 3.63) is 248 Å². The van der Waals surface area contributed by atoms with Gasteiger partial charge < -0.3 is 0 Å². The molecule has 3 heterocycles. The summed E-state index contributed by atoms with van der Waals surface area (Å²) in [6.07, 6.45) is 6.78. The van der Waals surface area contributed by atoms with E-state index in [0.29, 0.717) is 0 Å². The predicted molar refractivity (Wildman–Crippen MR) is 257 cm³/mol. The van der Waals surface area contributed by atoms with E-state index in [-0.39, 0.29) is 0 Å². The van der Waals surface area contributed by atoms with Crippen molar-refractivity contribution in [1.29, 1.82) is 0 Å². The Morgan fingerprint density at radius 1 is 0.290 bits per heavy atom. The molecule has 7 aromatic carbocycles. The number of benzene rings is 7. The minimum atomic E-state index is 0.738. The highest BCUT2D eigenvalue weighted by Gasteiger charge is 2.17. The standard InChI is InChI=1S/C59H43N3/c1-41-33-59(45-21-9-4-10-22-45)62-40-56(41)55-28-16-15-27-54(55)50-36-42(34-46-23-11-12-24-51(46)47-29-31-57(60-38-47)43-17-5-2-6-18-43)35-49(37-50)53-26-14-13-25-52(53)48-30-32-58(61-39-48)44-19-7-3-8-20-44/h2-33,35-40H,34H2,1H3. The van der Waals surface area contributed by atoms with E-state index in [1.54, 1.807) is 0 Å². The maximum absolute atomic E-state index is 4.98. The maximum atomic E-state index is 4.98. The fourth-order valence-corrected chi connectivity index (χ4v) is 8.51. The first-order valence-corrected chi connectivity index (χ1v) is 21.1. The number of hydrogen-bond acceptors (Lipinski definition) is 3. The molecule has 0 N–H and O–H groups in total. The van der Waals surface area contributed by atoms with E-state index in [1.165, 1.54) is 22.3 Å². The lowest BCUT2D eigenvalue weighted by Gasteiger charge is -2.18. The van der Waals surface area contributed by atoms with Gasteiger partial charge in [0.15, 0.2) is 0 Å². The van der Waals surface area contributed by atoms with Crippen LogP contribution in [-0.2, 0) is 6.42 Å². The van der Waals surface area contributed by atoms with Gasteiger partial charge in [-0.25, -0.2) is 0 Å². The van der Waals surface area contributed by atoms with Gasteiger partial charge in [-0.2, -0.15) is 0 Å². The van der Waals surface area contributed by atoms with E-state index in [1.807, 2.05) is 36.8 Å². The fourth-order valence-electron chi connectivity index (χ4n) is 8.51. The molecule has 0 fully saturated rings. The Kier molecular flexibility index (Phi) is 10.7. The van der Waals surface area contributed by atoms with Crippen LogP contribution in [0.15, 0.2) is 231 Å². The molecule has 0 amide bonds. The van der Waals surface area contributed by atoms with Gasteiger partial charge in [0.05, 0.1) is 17.1 Å². The number of aryl methyl sites for hydroxylation is 1. The third kappa shape index (κ3) is 8.00. The Morgan fingerprint density at radius 3 is 1.23 bits per heavy atom. The Morgan fingerprint density at radius 2 is 0.710 bits per heavy atom. The molecule has 0 aliphatic rings. The van der Waals surface area contributed by atoms with Crippen molar-refractivity contribution < 1.29 is 0 Å². The minimum absolute atomic E-state index is 0.738. The monoisotopic (exact) mass is 793 g/mol. The molecule has 0 bridgehead atoms. The summed E-state index contributed by atoms with van der Waals surface area (Å²) in [5.74, 6) is 0. The zero-order valence-electron chi connectivity index (χ0n) is 34.5. The summed E-state index contributed by atoms with van der Waals surface area (Å²) in [7, 11) is 0. The number of aromatic nitrogens is 3. The summed E-state index contributed by atoms with van der Waals surface area (Å²) in [5.41, 5.74) is 21.2. The van der Waals surface area contributed by atoms with Crippen LogP contribution in [0.2, 0.25) is 0 Å². The number of rotatable bonds is 10. The Hall–Kier alpha value is -8.01. The Bertz CT molecular complexity index is 3120. The second-order valence-corrected chi connectivity index (χ2v) is 15.7. The van der Waals surface area contributed by atoms with Crippen LogP contribution >= 0.6 is 0 Å². The van der Waals surface area contributed by atoms with Crippen molar-refractivity contribution in [3.63, 3.8) is 0 Å². The molecule has 0 aliphatic heterocycles. The summed E-state index contributed by atoms with van der Waals surface area (Å²) in [6, 6.07) is 75.2. The van der Waals surface area contributed by atoms with E-state index in [0.717, 1.165) is 90.3 Å². The summed E-state index contributed by atoms with van der Waals surface area (Å²) in [4.78, 5) is 14.8. The molecule has 10 rings (SSSR count). The summed E-state index contributed by atoms with van der Waals surface area (Å²) in [5, 5.41) is 0. The molecule has 0 aliphatic carbocycles. The van der Waals surface area contributed by atoms with Crippen LogP contribution in [0, 0.1) is 6.92 Å². The highest BCUT2D eigenvalue weighted by Crippen LogP contribution is 2.40. The van der Waals surface area contributed by atoms with Crippen molar-refractivity contribution in [1.82, 2.24) is 15.0 Å². The lowest BCUT2D eigenvalue weighted by atomic mass is 9.87. The molecule has 294 valence electrons. The molecule has 0 saturated carbocycles. The molecule has 3 nitrogen and oxygen atoms in total. The number of nitrogens with zero attached hydrogens (tertiary/aromatic N) is 3. The second kappa shape index (κ2) is 17.3. The van der Waals surface area contributed by atoms with Gasteiger partial charge in [-0.3, -0.25) is 15.0 Å². The second-order valence-electron chi connectivity index (χ2n) is 15.7. The minimum Gasteiger partial charge on any atom is -0.256 e. The van der Waals surface area contributed by atoms with E-state index in [9.17, 15) is 0 Å². The predicted octanol–water partition coefficient (Wildman–Crippen LogP) is 15.1. The molecular formula is C59H43N3. The van der Waals surface area contributed by atoms with Crippen molar-refractivity contribution in [3.8, 4) is 89.4 Å². The SMILES string of the molecule is Cc1cc(-c2ccccc2)ncc1-c1ccccc1-c1cc(Cc2ccccc2-c2ccc(-c3ccccc3)nc2)cc(-c2ccccc2-c2ccc(-c3ccccc3)nc2)c1. The summed E-state index contributed by atoms with van der Waals surface area (Å²) in [6.45, 7) is 2.19. The third-order valence-corrected chi connectivity index (χ3v) is 11.6. The van der Waals surface area contributed by atoms with Gasteiger partial charge in [0, 0.05) is 52.0 Å². The number of hydrogen-bond donors (Lipinski definition) is 0. The largest absolute Gasteiger partial charge is 0.256 e.